The van der Waals surface area contributed by atoms with Crippen LogP contribution in [0.4, 0.5) is 5.82 Å². The smallest absolute Gasteiger partial charge is 0.168 e. The molecule has 0 atom stereocenters. The summed E-state index contributed by atoms with van der Waals surface area (Å²) in [6.45, 7) is 2.01. The first-order chi connectivity index (χ1) is 8.95. The maximum atomic E-state index is 6.05. The van der Waals surface area contributed by atoms with Crippen molar-refractivity contribution in [2.75, 3.05) is 5.73 Å². The zero-order chi connectivity index (χ0) is 14.0. The predicted molar refractivity (Wildman–Crippen MR) is 79.7 cm³/mol. The lowest BCUT2D eigenvalue weighted by Crippen LogP contribution is -2.05. The van der Waals surface area contributed by atoms with Gasteiger partial charge in [0.2, 0.25) is 0 Å². The van der Waals surface area contributed by atoms with E-state index >= 15 is 0 Å². The summed E-state index contributed by atoms with van der Waals surface area (Å²) in [5.74, 6) is 1.37. The number of ether oxygens (including phenoxy) is 1. The van der Waals surface area contributed by atoms with Crippen LogP contribution in [-0.2, 0) is 6.61 Å². The Morgan fingerprint density at radius 3 is 2.63 bits per heavy atom. The van der Waals surface area contributed by atoms with Crippen LogP contribution in [0, 0.1) is 6.92 Å². The number of hydrogen-bond donors (Lipinski definition) is 1. The quantitative estimate of drug-likeness (QED) is 0.837. The van der Waals surface area contributed by atoms with Crippen molar-refractivity contribution in [2.24, 2.45) is 0 Å². The van der Waals surface area contributed by atoms with E-state index in [9.17, 15) is 0 Å². The molecular formula is C12H10BrCl2N3O. The largest absolute Gasteiger partial charge is 0.484 e. The summed E-state index contributed by atoms with van der Waals surface area (Å²) in [5, 5.41) is 0.973. The van der Waals surface area contributed by atoms with Crippen LogP contribution < -0.4 is 10.5 Å². The van der Waals surface area contributed by atoms with Gasteiger partial charge in [-0.2, -0.15) is 0 Å². The van der Waals surface area contributed by atoms with E-state index in [4.69, 9.17) is 33.7 Å². The summed E-state index contributed by atoms with van der Waals surface area (Å²) in [4.78, 5) is 8.29. The Morgan fingerprint density at radius 1 is 1.21 bits per heavy atom. The maximum Gasteiger partial charge on any atom is 0.168 e. The molecule has 2 N–H and O–H groups in total. The van der Waals surface area contributed by atoms with Gasteiger partial charge in [-0.15, -0.1) is 0 Å². The molecule has 19 heavy (non-hydrogen) atoms. The minimum Gasteiger partial charge on any atom is -0.484 e. The SMILES string of the molecule is Cc1cc(N)nc(COc2cc(Cl)c(Br)cc2Cl)n1. The lowest BCUT2D eigenvalue weighted by Gasteiger charge is -2.09. The van der Waals surface area contributed by atoms with Crippen LogP contribution in [0.3, 0.4) is 0 Å². The topological polar surface area (TPSA) is 61.0 Å². The highest BCUT2D eigenvalue weighted by molar-refractivity contribution is 9.10. The fourth-order valence-electron chi connectivity index (χ4n) is 1.48. The number of benzene rings is 1. The maximum absolute atomic E-state index is 6.05. The predicted octanol–water partition coefficient (Wildman–Crippen LogP) is 4.02. The van der Waals surface area contributed by atoms with Crippen LogP contribution in [0.15, 0.2) is 22.7 Å². The van der Waals surface area contributed by atoms with Crippen molar-refractivity contribution in [3.63, 3.8) is 0 Å². The third kappa shape index (κ3) is 3.72. The molecule has 4 nitrogen and oxygen atoms in total. The van der Waals surface area contributed by atoms with Crippen molar-refractivity contribution >= 4 is 44.9 Å². The van der Waals surface area contributed by atoms with Gasteiger partial charge in [-0.1, -0.05) is 23.2 Å². The lowest BCUT2D eigenvalue weighted by molar-refractivity contribution is 0.296. The second-order valence-electron chi connectivity index (χ2n) is 3.84. The van der Waals surface area contributed by atoms with Crippen molar-refractivity contribution in [1.29, 1.82) is 0 Å². The summed E-state index contributed by atoms with van der Waals surface area (Å²) < 4.78 is 6.26. The molecule has 0 saturated carbocycles. The average Bonchev–Trinajstić information content (AvgIpc) is 2.31. The standard InChI is InChI=1S/C12H10BrCl2N3O/c1-6-2-11(16)18-12(17-6)5-19-10-4-8(14)7(13)3-9(10)15/h2-4H,5H2,1H3,(H2,16,17,18). The fourth-order valence-corrected chi connectivity index (χ4v) is 2.32. The molecule has 0 bridgehead atoms. The zero-order valence-electron chi connectivity index (χ0n) is 9.95. The molecule has 2 aromatic rings. The van der Waals surface area contributed by atoms with Crippen molar-refractivity contribution in [3.8, 4) is 5.75 Å². The normalized spacial score (nSPS) is 10.5. The third-order valence-corrected chi connectivity index (χ3v) is 3.74. The van der Waals surface area contributed by atoms with Crippen LogP contribution in [0.25, 0.3) is 0 Å². The van der Waals surface area contributed by atoms with Gasteiger partial charge in [-0.3, -0.25) is 0 Å². The number of halogens is 3. The number of aryl methyl sites for hydroxylation is 1. The second-order valence-corrected chi connectivity index (χ2v) is 5.50. The molecule has 100 valence electrons. The van der Waals surface area contributed by atoms with E-state index in [2.05, 4.69) is 25.9 Å². The van der Waals surface area contributed by atoms with E-state index in [1.165, 1.54) is 0 Å². The van der Waals surface area contributed by atoms with Crippen LogP contribution >= 0.6 is 39.1 Å². The highest BCUT2D eigenvalue weighted by Gasteiger charge is 2.08. The summed E-state index contributed by atoms with van der Waals surface area (Å²) >= 11 is 15.3. The summed E-state index contributed by atoms with van der Waals surface area (Å²) in [5.41, 5.74) is 6.43. The first kappa shape index (κ1) is 14.4. The van der Waals surface area contributed by atoms with Gasteiger partial charge in [-0.25, -0.2) is 9.97 Å². The minimum absolute atomic E-state index is 0.170. The van der Waals surface area contributed by atoms with E-state index in [1.54, 1.807) is 18.2 Å². The zero-order valence-corrected chi connectivity index (χ0v) is 13.1. The fraction of sp³-hybridized carbons (Fsp3) is 0.167. The van der Waals surface area contributed by atoms with Gasteiger partial charge in [0.15, 0.2) is 5.82 Å². The Kier molecular flexibility index (Phi) is 4.50. The van der Waals surface area contributed by atoms with E-state index in [1.807, 2.05) is 6.92 Å². The Bertz CT molecular complexity index is 602. The van der Waals surface area contributed by atoms with Gasteiger partial charge in [0.25, 0.3) is 0 Å². The Labute approximate surface area is 129 Å². The van der Waals surface area contributed by atoms with Gasteiger partial charge in [0.05, 0.1) is 10.0 Å². The molecule has 1 aromatic carbocycles. The molecule has 0 unspecified atom stereocenters. The van der Waals surface area contributed by atoms with Gasteiger partial charge in [-0.05, 0) is 28.9 Å². The molecule has 7 heteroatoms. The number of aromatic nitrogens is 2. The third-order valence-electron chi connectivity index (χ3n) is 2.25. The van der Waals surface area contributed by atoms with Gasteiger partial charge in [0, 0.05) is 22.3 Å². The molecule has 0 aliphatic heterocycles. The van der Waals surface area contributed by atoms with Crippen molar-refractivity contribution < 1.29 is 4.74 Å². The molecule has 0 saturated heterocycles. The Morgan fingerprint density at radius 2 is 1.95 bits per heavy atom. The molecule has 0 radical (unpaired) electrons. The molecule has 1 aromatic heterocycles. The molecule has 0 aliphatic rings. The number of rotatable bonds is 3. The number of nitrogen functional groups attached to an aromatic ring is 1. The highest BCUT2D eigenvalue weighted by atomic mass is 79.9. The molecular weight excluding hydrogens is 353 g/mol. The number of nitrogens with zero attached hydrogens (tertiary/aromatic N) is 2. The number of nitrogens with two attached hydrogens (primary N) is 1. The van der Waals surface area contributed by atoms with E-state index in [0.717, 1.165) is 5.69 Å². The van der Waals surface area contributed by atoms with E-state index in [0.29, 0.717) is 31.9 Å². The van der Waals surface area contributed by atoms with Crippen molar-refractivity contribution in [1.82, 2.24) is 9.97 Å². The monoisotopic (exact) mass is 361 g/mol. The Balaban J connectivity index is 2.16. The Hall–Kier alpha value is -1.04. The van der Waals surface area contributed by atoms with E-state index < -0.39 is 0 Å². The number of anilines is 1. The first-order valence-corrected chi connectivity index (χ1v) is 6.88. The number of hydrogen-bond acceptors (Lipinski definition) is 4. The average molecular weight is 363 g/mol. The van der Waals surface area contributed by atoms with Gasteiger partial charge < -0.3 is 10.5 Å². The van der Waals surface area contributed by atoms with E-state index in [-0.39, 0.29) is 6.61 Å². The molecule has 0 aliphatic carbocycles. The van der Waals surface area contributed by atoms with Crippen molar-refractivity contribution in [2.45, 2.75) is 13.5 Å². The van der Waals surface area contributed by atoms with Crippen LogP contribution in [0.1, 0.15) is 11.5 Å². The molecule has 1 heterocycles. The van der Waals surface area contributed by atoms with Gasteiger partial charge >= 0.3 is 0 Å². The van der Waals surface area contributed by atoms with Crippen LogP contribution in [0.5, 0.6) is 5.75 Å². The molecule has 0 amide bonds. The van der Waals surface area contributed by atoms with Crippen LogP contribution in [-0.4, -0.2) is 9.97 Å². The second kappa shape index (κ2) is 5.94. The summed E-state index contributed by atoms with van der Waals surface area (Å²) in [7, 11) is 0. The summed E-state index contributed by atoms with van der Waals surface area (Å²) in [6, 6.07) is 4.99. The van der Waals surface area contributed by atoms with Crippen molar-refractivity contribution in [3.05, 3.63) is 44.2 Å². The minimum atomic E-state index is 0.170. The molecule has 2 rings (SSSR count). The van der Waals surface area contributed by atoms with Crippen LogP contribution in [0.2, 0.25) is 10.0 Å². The van der Waals surface area contributed by atoms with Gasteiger partial charge in [0.1, 0.15) is 18.2 Å². The summed E-state index contributed by atoms with van der Waals surface area (Å²) in [6.07, 6.45) is 0. The molecule has 0 spiro atoms. The molecule has 0 fully saturated rings. The highest BCUT2D eigenvalue weighted by Crippen LogP contribution is 2.34. The lowest BCUT2D eigenvalue weighted by atomic mass is 10.3. The first-order valence-electron chi connectivity index (χ1n) is 5.33.